The van der Waals surface area contributed by atoms with Crippen molar-refractivity contribution in [3.63, 3.8) is 0 Å². The molecule has 0 spiro atoms. The molecule has 0 atom stereocenters. The van der Waals surface area contributed by atoms with Crippen LogP contribution in [0.4, 0.5) is 5.69 Å². The van der Waals surface area contributed by atoms with Crippen molar-refractivity contribution in [2.45, 2.75) is 25.2 Å². The number of aromatic nitrogens is 2. The Morgan fingerprint density at radius 2 is 2.06 bits per heavy atom. The average Bonchev–Trinajstić information content (AvgIpc) is 2.16. The van der Waals surface area contributed by atoms with Gasteiger partial charge < -0.3 is 5.73 Å². The number of rotatable bonds is 1. The molecule has 0 unspecified atom stereocenters. The van der Waals surface area contributed by atoms with Crippen molar-refractivity contribution in [3.8, 4) is 0 Å². The summed E-state index contributed by atoms with van der Waals surface area (Å²) in [6.45, 7) is 0. The number of halogens is 1. The standard InChI is InChI=1S/C12H12ClN3/c13-12-15-10-5-4-8(14)6-9(10)11(16-12)7-2-1-3-7/h4-7H,1-3,14H2. The second kappa shape index (κ2) is 3.59. The smallest absolute Gasteiger partial charge is 0.223 e. The predicted molar refractivity (Wildman–Crippen MR) is 65.6 cm³/mol. The van der Waals surface area contributed by atoms with Crippen LogP contribution in [0.1, 0.15) is 30.9 Å². The summed E-state index contributed by atoms with van der Waals surface area (Å²) in [5.41, 5.74) is 8.50. The van der Waals surface area contributed by atoms with Crippen LogP contribution in [0.2, 0.25) is 5.28 Å². The van der Waals surface area contributed by atoms with Crippen LogP contribution >= 0.6 is 11.6 Å². The minimum absolute atomic E-state index is 0.333. The lowest BCUT2D eigenvalue weighted by Crippen LogP contribution is -2.12. The van der Waals surface area contributed by atoms with Crippen molar-refractivity contribution < 1.29 is 0 Å². The largest absolute Gasteiger partial charge is 0.399 e. The highest BCUT2D eigenvalue weighted by molar-refractivity contribution is 6.28. The van der Waals surface area contributed by atoms with E-state index in [1.807, 2.05) is 18.2 Å². The van der Waals surface area contributed by atoms with Gasteiger partial charge in [0.05, 0.1) is 11.2 Å². The Hall–Kier alpha value is -1.35. The summed E-state index contributed by atoms with van der Waals surface area (Å²) < 4.78 is 0. The van der Waals surface area contributed by atoms with E-state index in [2.05, 4.69) is 9.97 Å². The summed E-state index contributed by atoms with van der Waals surface area (Å²) in [6.07, 6.45) is 3.66. The van der Waals surface area contributed by atoms with Gasteiger partial charge in [-0.3, -0.25) is 0 Å². The molecule has 4 heteroatoms. The normalized spacial score (nSPS) is 16.3. The number of fused-ring (bicyclic) bond motifs is 1. The zero-order valence-corrected chi connectivity index (χ0v) is 9.54. The maximum Gasteiger partial charge on any atom is 0.223 e. The summed E-state index contributed by atoms with van der Waals surface area (Å²) in [7, 11) is 0. The Bertz CT molecular complexity index is 549. The van der Waals surface area contributed by atoms with Gasteiger partial charge >= 0.3 is 0 Å². The molecule has 2 aromatic rings. The van der Waals surface area contributed by atoms with Crippen LogP contribution in [0.15, 0.2) is 18.2 Å². The second-order valence-electron chi connectivity index (χ2n) is 4.28. The van der Waals surface area contributed by atoms with Crippen LogP contribution in [0.3, 0.4) is 0 Å². The maximum atomic E-state index is 5.94. The summed E-state index contributed by atoms with van der Waals surface area (Å²) in [6, 6.07) is 5.69. The van der Waals surface area contributed by atoms with Crippen molar-refractivity contribution in [1.82, 2.24) is 9.97 Å². The van der Waals surface area contributed by atoms with Crippen molar-refractivity contribution in [2.75, 3.05) is 5.73 Å². The Morgan fingerprint density at radius 1 is 1.25 bits per heavy atom. The van der Waals surface area contributed by atoms with Crippen LogP contribution in [-0.4, -0.2) is 9.97 Å². The van der Waals surface area contributed by atoms with E-state index in [0.717, 1.165) is 22.3 Å². The molecule has 1 aromatic carbocycles. The number of hydrogen-bond donors (Lipinski definition) is 1. The highest BCUT2D eigenvalue weighted by Gasteiger charge is 2.23. The van der Waals surface area contributed by atoms with E-state index in [4.69, 9.17) is 17.3 Å². The van der Waals surface area contributed by atoms with Gasteiger partial charge in [0.1, 0.15) is 0 Å². The van der Waals surface area contributed by atoms with Crippen molar-refractivity contribution in [1.29, 1.82) is 0 Å². The van der Waals surface area contributed by atoms with E-state index >= 15 is 0 Å². The van der Waals surface area contributed by atoms with Gasteiger partial charge in [0.15, 0.2) is 0 Å². The molecule has 2 N–H and O–H groups in total. The van der Waals surface area contributed by atoms with Gasteiger partial charge in [-0.05, 0) is 42.6 Å². The number of hydrogen-bond acceptors (Lipinski definition) is 3. The Kier molecular flexibility index (Phi) is 2.21. The lowest BCUT2D eigenvalue weighted by Gasteiger charge is -2.25. The molecule has 1 aromatic heterocycles. The molecule has 0 bridgehead atoms. The SMILES string of the molecule is Nc1ccc2nc(Cl)nc(C3CCC3)c2c1. The third-order valence-electron chi connectivity index (χ3n) is 3.21. The number of nitrogen functional groups attached to an aromatic ring is 1. The lowest BCUT2D eigenvalue weighted by atomic mass is 9.81. The molecule has 1 fully saturated rings. The van der Waals surface area contributed by atoms with Gasteiger partial charge in [-0.15, -0.1) is 0 Å². The first-order chi connectivity index (χ1) is 7.74. The van der Waals surface area contributed by atoms with Crippen LogP contribution < -0.4 is 5.73 Å². The lowest BCUT2D eigenvalue weighted by molar-refractivity contribution is 0.413. The molecule has 1 heterocycles. The summed E-state index contributed by atoms with van der Waals surface area (Å²) in [4.78, 5) is 8.58. The molecule has 0 aliphatic heterocycles. The first-order valence-electron chi connectivity index (χ1n) is 5.47. The van der Waals surface area contributed by atoms with E-state index in [9.17, 15) is 0 Å². The fraction of sp³-hybridized carbons (Fsp3) is 0.333. The predicted octanol–water partition coefficient (Wildman–Crippen LogP) is 3.13. The fourth-order valence-corrected chi connectivity index (χ4v) is 2.32. The molecular formula is C12H12ClN3. The topological polar surface area (TPSA) is 51.8 Å². The summed E-state index contributed by atoms with van der Waals surface area (Å²) >= 11 is 5.94. The number of nitrogens with zero attached hydrogens (tertiary/aromatic N) is 2. The van der Waals surface area contributed by atoms with Crippen LogP contribution in [-0.2, 0) is 0 Å². The fourth-order valence-electron chi connectivity index (χ4n) is 2.13. The first-order valence-corrected chi connectivity index (χ1v) is 5.84. The van der Waals surface area contributed by atoms with Gasteiger partial charge in [0.25, 0.3) is 0 Å². The van der Waals surface area contributed by atoms with Gasteiger partial charge in [-0.2, -0.15) is 0 Å². The van der Waals surface area contributed by atoms with Crippen molar-refractivity contribution in [3.05, 3.63) is 29.2 Å². The van der Waals surface area contributed by atoms with E-state index < -0.39 is 0 Å². The molecule has 0 radical (unpaired) electrons. The number of nitrogens with two attached hydrogens (primary N) is 1. The summed E-state index contributed by atoms with van der Waals surface area (Å²) in [5.74, 6) is 0.532. The summed E-state index contributed by atoms with van der Waals surface area (Å²) in [5, 5.41) is 1.38. The van der Waals surface area contributed by atoms with Gasteiger partial charge in [-0.1, -0.05) is 6.42 Å². The third-order valence-corrected chi connectivity index (χ3v) is 3.38. The first kappa shape index (κ1) is 9.85. The van der Waals surface area contributed by atoms with Gasteiger partial charge in [-0.25, -0.2) is 9.97 Å². The Morgan fingerprint density at radius 3 is 2.75 bits per heavy atom. The highest BCUT2D eigenvalue weighted by Crippen LogP contribution is 2.38. The van der Waals surface area contributed by atoms with Crippen LogP contribution in [0.5, 0.6) is 0 Å². The zero-order valence-electron chi connectivity index (χ0n) is 8.78. The molecule has 82 valence electrons. The molecular weight excluding hydrogens is 222 g/mol. The third kappa shape index (κ3) is 1.52. The number of benzene rings is 1. The second-order valence-corrected chi connectivity index (χ2v) is 4.62. The molecule has 16 heavy (non-hydrogen) atoms. The molecule has 3 nitrogen and oxygen atoms in total. The minimum Gasteiger partial charge on any atom is -0.399 e. The Labute approximate surface area is 98.6 Å². The molecule has 3 rings (SSSR count). The molecule has 0 amide bonds. The zero-order chi connectivity index (χ0) is 11.1. The van der Waals surface area contributed by atoms with Gasteiger partial charge in [0, 0.05) is 17.0 Å². The molecule has 0 saturated heterocycles. The Balaban J connectivity index is 2.26. The van der Waals surface area contributed by atoms with E-state index in [0.29, 0.717) is 11.2 Å². The monoisotopic (exact) mass is 233 g/mol. The molecule has 1 aliphatic rings. The maximum absolute atomic E-state index is 5.94. The van der Waals surface area contributed by atoms with Crippen molar-refractivity contribution in [2.24, 2.45) is 0 Å². The van der Waals surface area contributed by atoms with Gasteiger partial charge in [0.2, 0.25) is 5.28 Å². The quantitative estimate of drug-likeness (QED) is 0.608. The molecule has 1 aliphatic carbocycles. The minimum atomic E-state index is 0.333. The molecule has 1 saturated carbocycles. The van der Waals surface area contributed by atoms with Crippen molar-refractivity contribution >= 4 is 28.2 Å². The van der Waals surface area contributed by atoms with Crippen LogP contribution in [0, 0.1) is 0 Å². The van der Waals surface area contributed by atoms with E-state index in [-0.39, 0.29) is 0 Å². The van der Waals surface area contributed by atoms with E-state index in [1.54, 1.807) is 0 Å². The number of anilines is 1. The average molecular weight is 234 g/mol. The van der Waals surface area contributed by atoms with E-state index in [1.165, 1.54) is 19.3 Å². The highest BCUT2D eigenvalue weighted by atomic mass is 35.5. The van der Waals surface area contributed by atoms with Crippen LogP contribution in [0.25, 0.3) is 10.9 Å².